The highest BCUT2D eigenvalue weighted by Gasteiger charge is 2.11. The number of aromatic nitrogens is 1. The molecule has 3 rings (SSSR count). The fraction of sp³-hybridized carbons (Fsp3) is 0.278. The van der Waals surface area contributed by atoms with Crippen LogP contribution in [0, 0.1) is 6.92 Å². The van der Waals surface area contributed by atoms with E-state index in [1.165, 1.54) is 5.56 Å². The first-order chi connectivity index (χ1) is 10.1. The van der Waals surface area contributed by atoms with Crippen LogP contribution in [0.1, 0.15) is 37.3 Å². The number of nitrogens with two attached hydrogens (primary N) is 1. The Morgan fingerprint density at radius 1 is 1.19 bits per heavy atom. The third-order valence-electron chi connectivity index (χ3n) is 4.12. The van der Waals surface area contributed by atoms with Crippen LogP contribution in [0.2, 0.25) is 0 Å². The molecule has 0 fully saturated rings. The molecule has 1 unspecified atom stereocenters. The van der Waals surface area contributed by atoms with Crippen LogP contribution < -0.4 is 5.73 Å². The molecule has 0 aliphatic heterocycles. The Morgan fingerprint density at radius 2 is 2.00 bits per heavy atom. The van der Waals surface area contributed by atoms with Crippen LogP contribution in [0.25, 0.3) is 22.6 Å². The molecule has 2 N–H and O–H groups in total. The lowest BCUT2D eigenvalue weighted by molar-refractivity contribution is 0.619. The maximum Gasteiger partial charge on any atom is 0.227 e. The highest BCUT2D eigenvalue weighted by molar-refractivity contribution is 5.77. The maximum absolute atomic E-state index is 5.96. The summed E-state index contributed by atoms with van der Waals surface area (Å²) >= 11 is 0. The van der Waals surface area contributed by atoms with E-state index in [9.17, 15) is 0 Å². The fourth-order valence-corrected chi connectivity index (χ4v) is 2.38. The van der Waals surface area contributed by atoms with Gasteiger partial charge in [-0.3, -0.25) is 0 Å². The number of aryl methyl sites for hydroxylation is 1. The molecule has 0 saturated heterocycles. The van der Waals surface area contributed by atoms with Crippen molar-refractivity contribution in [1.29, 1.82) is 0 Å². The summed E-state index contributed by atoms with van der Waals surface area (Å²) in [6.07, 6.45) is 1.12. The first-order valence-corrected chi connectivity index (χ1v) is 7.35. The normalized spacial score (nSPS) is 12.7. The van der Waals surface area contributed by atoms with Crippen LogP contribution in [-0.4, -0.2) is 4.98 Å². The molecule has 0 saturated carbocycles. The molecule has 1 aromatic heterocycles. The molecule has 0 aliphatic carbocycles. The van der Waals surface area contributed by atoms with Crippen molar-refractivity contribution in [2.24, 2.45) is 0 Å². The average molecular weight is 280 g/mol. The van der Waals surface area contributed by atoms with Gasteiger partial charge in [-0.05, 0) is 54.7 Å². The smallest absolute Gasteiger partial charge is 0.227 e. The molecule has 2 aromatic carbocycles. The fourth-order valence-electron chi connectivity index (χ4n) is 2.38. The summed E-state index contributed by atoms with van der Waals surface area (Å²) in [6.45, 7) is 6.41. The first kappa shape index (κ1) is 13.7. The van der Waals surface area contributed by atoms with Gasteiger partial charge in [-0.25, -0.2) is 4.98 Å². The van der Waals surface area contributed by atoms with Gasteiger partial charge in [-0.2, -0.15) is 0 Å². The molecule has 0 spiro atoms. The van der Waals surface area contributed by atoms with Gasteiger partial charge in [0.05, 0.1) is 0 Å². The van der Waals surface area contributed by atoms with Gasteiger partial charge in [0, 0.05) is 11.3 Å². The third kappa shape index (κ3) is 2.51. The number of rotatable bonds is 3. The summed E-state index contributed by atoms with van der Waals surface area (Å²) in [5.74, 6) is 1.16. The minimum atomic E-state index is 0.532. The zero-order valence-corrected chi connectivity index (χ0v) is 12.7. The molecule has 3 nitrogen and oxygen atoms in total. The van der Waals surface area contributed by atoms with E-state index < -0.39 is 0 Å². The van der Waals surface area contributed by atoms with E-state index in [4.69, 9.17) is 10.2 Å². The van der Waals surface area contributed by atoms with Gasteiger partial charge in [-0.1, -0.05) is 26.0 Å². The third-order valence-corrected chi connectivity index (χ3v) is 4.12. The Labute approximate surface area is 124 Å². The molecular weight excluding hydrogens is 260 g/mol. The van der Waals surface area contributed by atoms with E-state index in [1.54, 1.807) is 0 Å². The van der Waals surface area contributed by atoms with Crippen molar-refractivity contribution in [3.63, 3.8) is 0 Å². The van der Waals surface area contributed by atoms with Gasteiger partial charge in [-0.15, -0.1) is 0 Å². The number of anilines is 1. The monoisotopic (exact) mass is 280 g/mol. The number of benzene rings is 2. The van der Waals surface area contributed by atoms with Gasteiger partial charge >= 0.3 is 0 Å². The number of nitrogens with zero attached hydrogens (tertiary/aromatic N) is 1. The van der Waals surface area contributed by atoms with Crippen molar-refractivity contribution in [2.75, 3.05) is 5.73 Å². The molecule has 0 bridgehead atoms. The lowest BCUT2D eigenvalue weighted by Gasteiger charge is -2.07. The van der Waals surface area contributed by atoms with Crippen LogP contribution >= 0.6 is 0 Å². The highest BCUT2D eigenvalue weighted by atomic mass is 16.3. The Hall–Kier alpha value is -2.29. The van der Waals surface area contributed by atoms with Crippen molar-refractivity contribution in [1.82, 2.24) is 4.98 Å². The highest BCUT2D eigenvalue weighted by Crippen LogP contribution is 2.29. The number of oxazole rings is 1. The minimum Gasteiger partial charge on any atom is -0.436 e. The standard InChI is InChI=1S/C18H20N2O/c1-4-11(2)13-7-8-17-16(10-13)20-18(21-17)14-6-5-12(3)15(19)9-14/h5-11H,4,19H2,1-3H3. The summed E-state index contributed by atoms with van der Waals surface area (Å²) in [5.41, 5.74) is 11.7. The van der Waals surface area contributed by atoms with Crippen LogP contribution in [0.15, 0.2) is 40.8 Å². The lowest BCUT2D eigenvalue weighted by Crippen LogP contribution is -1.90. The van der Waals surface area contributed by atoms with Crippen LogP contribution in [0.4, 0.5) is 5.69 Å². The van der Waals surface area contributed by atoms with E-state index in [1.807, 2.05) is 31.2 Å². The molecule has 21 heavy (non-hydrogen) atoms. The summed E-state index contributed by atoms with van der Waals surface area (Å²) in [6, 6.07) is 12.1. The van der Waals surface area contributed by atoms with Crippen molar-refractivity contribution in [3.8, 4) is 11.5 Å². The Balaban J connectivity index is 2.06. The molecule has 1 heterocycles. The quantitative estimate of drug-likeness (QED) is 0.694. The number of nitrogen functional groups attached to an aromatic ring is 1. The molecule has 0 amide bonds. The molecule has 1 atom stereocenters. The number of hydrogen-bond donors (Lipinski definition) is 1. The Bertz CT molecular complexity index is 789. The molecule has 3 heteroatoms. The van der Waals surface area contributed by atoms with Crippen LogP contribution in [-0.2, 0) is 0 Å². The number of fused-ring (bicyclic) bond motifs is 1. The van der Waals surface area contributed by atoms with E-state index in [0.717, 1.165) is 34.3 Å². The van der Waals surface area contributed by atoms with Gasteiger partial charge in [0.2, 0.25) is 5.89 Å². The second kappa shape index (κ2) is 5.24. The Morgan fingerprint density at radius 3 is 2.71 bits per heavy atom. The second-order valence-electron chi connectivity index (χ2n) is 5.63. The zero-order valence-electron chi connectivity index (χ0n) is 12.7. The summed E-state index contributed by atoms with van der Waals surface area (Å²) in [5, 5.41) is 0. The van der Waals surface area contributed by atoms with E-state index in [0.29, 0.717) is 11.8 Å². The van der Waals surface area contributed by atoms with Crippen molar-refractivity contribution in [3.05, 3.63) is 47.5 Å². The minimum absolute atomic E-state index is 0.532. The number of hydrogen-bond acceptors (Lipinski definition) is 3. The predicted octanol–water partition coefficient (Wildman–Crippen LogP) is 4.90. The molecule has 0 aliphatic rings. The zero-order chi connectivity index (χ0) is 15.0. The van der Waals surface area contributed by atoms with Crippen molar-refractivity contribution < 1.29 is 4.42 Å². The average Bonchev–Trinajstić information content (AvgIpc) is 2.92. The van der Waals surface area contributed by atoms with Crippen molar-refractivity contribution in [2.45, 2.75) is 33.1 Å². The van der Waals surface area contributed by atoms with E-state index in [2.05, 4.69) is 31.0 Å². The van der Waals surface area contributed by atoms with Crippen molar-refractivity contribution >= 4 is 16.8 Å². The summed E-state index contributed by atoms with van der Waals surface area (Å²) in [7, 11) is 0. The van der Waals surface area contributed by atoms with Gasteiger partial charge in [0.25, 0.3) is 0 Å². The SMILES string of the molecule is CCC(C)c1ccc2oc(-c3ccc(C)c(N)c3)nc2c1. The van der Waals surface area contributed by atoms with Gasteiger partial charge in [0.15, 0.2) is 5.58 Å². The topological polar surface area (TPSA) is 52.0 Å². The predicted molar refractivity (Wildman–Crippen MR) is 87.3 cm³/mol. The largest absolute Gasteiger partial charge is 0.436 e. The maximum atomic E-state index is 5.96. The van der Waals surface area contributed by atoms with E-state index >= 15 is 0 Å². The van der Waals surface area contributed by atoms with E-state index in [-0.39, 0.29) is 0 Å². The van der Waals surface area contributed by atoms with Crippen LogP contribution in [0.5, 0.6) is 0 Å². The van der Waals surface area contributed by atoms with Gasteiger partial charge in [0.1, 0.15) is 5.52 Å². The second-order valence-corrected chi connectivity index (χ2v) is 5.63. The lowest BCUT2D eigenvalue weighted by atomic mass is 9.98. The van der Waals surface area contributed by atoms with Crippen LogP contribution in [0.3, 0.4) is 0 Å². The molecule has 3 aromatic rings. The first-order valence-electron chi connectivity index (χ1n) is 7.35. The summed E-state index contributed by atoms with van der Waals surface area (Å²) in [4.78, 5) is 4.61. The molecule has 108 valence electrons. The Kier molecular flexibility index (Phi) is 3.42. The summed E-state index contributed by atoms with van der Waals surface area (Å²) < 4.78 is 5.85. The molecular formula is C18H20N2O. The molecule has 0 radical (unpaired) electrons. The van der Waals surface area contributed by atoms with Gasteiger partial charge < -0.3 is 10.2 Å².